The van der Waals surface area contributed by atoms with Crippen LogP contribution in [0.4, 0.5) is 0 Å². The van der Waals surface area contributed by atoms with Crippen LogP contribution in [0, 0.1) is 5.92 Å². The summed E-state index contributed by atoms with van der Waals surface area (Å²) < 4.78 is 0. The molecular formula is C34H22N2. The highest BCUT2D eigenvalue weighted by Gasteiger charge is 2.33. The van der Waals surface area contributed by atoms with Crippen LogP contribution in [0.25, 0.3) is 38.6 Å². The van der Waals surface area contributed by atoms with Crippen LogP contribution in [0.1, 0.15) is 12.1 Å². The fourth-order valence-corrected chi connectivity index (χ4v) is 6.09. The van der Waals surface area contributed by atoms with Gasteiger partial charge in [0.15, 0.2) is 0 Å². The smallest absolute Gasteiger partial charge is 0.0972 e. The molecule has 0 saturated carbocycles. The van der Waals surface area contributed by atoms with Crippen LogP contribution >= 0.6 is 0 Å². The van der Waals surface area contributed by atoms with E-state index in [9.17, 15) is 0 Å². The van der Waals surface area contributed by atoms with Gasteiger partial charge in [-0.05, 0) is 70.0 Å². The van der Waals surface area contributed by atoms with Crippen LogP contribution in [0.2, 0.25) is 0 Å². The van der Waals surface area contributed by atoms with Gasteiger partial charge in [-0.3, -0.25) is 0 Å². The van der Waals surface area contributed by atoms with Gasteiger partial charge in [0.05, 0.1) is 22.6 Å². The van der Waals surface area contributed by atoms with Crippen LogP contribution in [-0.2, 0) is 0 Å². The van der Waals surface area contributed by atoms with Gasteiger partial charge in [-0.1, -0.05) is 85.0 Å². The summed E-state index contributed by atoms with van der Waals surface area (Å²) in [7, 11) is 0. The van der Waals surface area contributed by atoms with Crippen molar-refractivity contribution in [2.75, 3.05) is 0 Å². The Labute approximate surface area is 209 Å². The quantitative estimate of drug-likeness (QED) is 0.284. The predicted octanol–water partition coefficient (Wildman–Crippen LogP) is 8.08. The monoisotopic (exact) mass is 458 g/mol. The first-order valence-electron chi connectivity index (χ1n) is 12.5. The Bertz CT molecular complexity index is 1850. The molecule has 2 aromatic heterocycles. The van der Waals surface area contributed by atoms with E-state index < -0.39 is 0 Å². The van der Waals surface area contributed by atoms with E-state index in [1.165, 1.54) is 38.6 Å². The van der Waals surface area contributed by atoms with Crippen molar-refractivity contribution >= 4 is 27.2 Å². The van der Waals surface area contributed by atoms with Gasteiger partial charge in [-0.2, -0.15) is 0 Å². The number of fused-ring (bicyclic) bond motifs is 3. The summed E-state index contributed by atoms with van der Waals surface area (Å²) in [5.74, 6) is 0.341. The molecular weight excluding hydrogens is 436 g/mol. The third-order valence-corrected chi connectivity index (χ3v) is 7.72. The molecule has 1 atom stereocenters. The van der Waals surface area contributed by atoms with E-state index in [2.05, 4.69) is 109 Å². The van der Waals surface area contributed by atoms with Gasteiger partial charge in [0, 0.05) is 22.3 Å². The number of pyridine rings is 2. The Kier molecular flexibility index (Phi) is 4.09. The molecule has 0 fully saturated rings. The summed E-state index contributed by atoms with van der Waals surface area (Å²) in [6, 6.07) is 23.1. The Hall–Kier alpha value is -4.56. The van der Waals surface area contributed by atoms with Gasteiger partial charge >= 0.3 is 0 Å². The summed E-state index contributed by atoms with van der Waals surface area (Å²) in [5.41, 5.74) is 11.9. The van der Waals surface area contributed by atoms with Crippen LogP contribution in [0.3, 0.4) is 0 Å². The second-order valence-corrected chi connectivity index (χ2v) is 9.78. The molecule has 0 N–H and O–H groups in total. The molecule has 168 valence electrons. The lowest BCUT2D eigenvalue weighted by molar-refractivity contribution is 0.833. The van der Waals surface area contributed by atoms with E-state index in [0.717, 1.165) is 40.0 Å². The second-order valence-electron chi connectivity index (χ2n) is 9.78. The molecule has 4 aromatic rings. The van der Waals surface area contributed by atoms with Crippen molar-refractivity contribution in [2.24, 2.45) is 5.92 Å². The Morgan fingerprint density at radius 3 is 2.42 bits per heavy atom. The highest BCUT2D eigenvalue weighted by Crippen LogP contribution is 2.48. The highest BCUT2D eigenvalue weighted by atomic mass is 14.8. The summed E-state index contributed by atoms with van der Waals surface area (Å²) >= 11 is 0. The first kappa shape index (κ1) is 19.7. The molecule has 8 rings (SSSR count). The van der Waals surface area contributed by atoms with Crippen molar-refractivity contribution in [3.63, 3.8) is 0 Å². The Morgan fingerprint density at radius 2 is 1.47 bits per heavy atom. The van der Waals surface area contributed by atoms with Gasteiger partial charge in [-0.25, -0.2) is 9.97 Å². The van der Waals surface area contributed by atoms with Gasteiger partial charge < -0.3 is 0 Å². The summed E-state index contributed by atoms with van der Waals surface area (Å²) in [4.78, 5) is 10.2. The average molecular weight is 459 g/mol. The SMILES string of the molecule is C1=CC2=C3C(=CC=C4C=C(c5cccc(-c6nc7ccccc7c7ccccc67)n5)C=C(C=C2)C43)C1. The zero-order valence-corrected chi connectivity index (χ0v) is 19.6. The number of benzene rings is 2. The maximum Gasteiger partial charge on any atom is 0.0972 e. The molecule has 2 aromatic carbocycles. The minimum absolute atomic E-state index is 0.341. The number of hydrogen-bond donors (Lipinski definition) is 0. The van der Waals surface area contributed by atoms with Crippen LogP contribution in [-0.4, -0.2) is 9.97 Å². The highest BCUT2D eigenvalue weighted by molar-refractivity contribution is 6.10. The second kappa shape index (κ2) is 7.47. The number of allylic oxidation sites excluding steroid dienone is 14. The van der Waals surface area contributed by atoms with Crippen molar-refractivity contribution in [3.8, 4) is 11.4 Å². The van der Waals surface area contributed by atoms with Crippen LogP contribution in [0.15, 0.2) is 143 Å². The molecule has 0 amide bonds. The molecule has 2 heterocycles. The summed E-state index contributed by atoms with van der Waals surface area (Å²) in [6.45, 7) is 0. The topological polar surface area (TPSA) is 25.8 Å². The molecule has 1 unspecified atom stereocenters. The van der Waals surface area contributed by atoms with Gasteiger partial charge in [-0.15, -0.1) is 0 Å². The lowest BCUT2D eigenvalue weighted by Crippen LogP contribution is -2.21. The average Bonchev–Trinajstić information content (AvgIpc) is 2.95. The number of hydrogen-bond acceptors (Lipinski definition) is 2. The summed E-state index contributed by atoms with van der Waals surface area (Å²) in [6.07, 6.45) is 19.4. The fraction of sp³-hybridized carbons (Fsp3) is 0.0588. The molecule has 4 aliphatic carbocycles. The largest absolute Gasteiger partial charge is 0.246 e. The van der Waals surface area contributed by atoms with Gasteiger partial charge in [0.2, 0.25) is 0 Å². The maximum atomic E-state index is 5.16. The molecule has 0 saturated heterocycles. The van der Waals surface area contributed by atoms with Crippen molar-refractivity contribution in [1.82, 2.24) is 9.97 Å². The lowest BCUT2D eigenvalue weighted by atomic mass is 9.68. The minimum atomic E-state index is 0.341. The molecule has 0 spiro atoms. The maximum absolute atomic E-state index is 5.16. The van der Waals surface area contributed by atoms with Gasteiger partial charge in [0.25, 0.3) is 0 Å². The zero-order chi connectivity index (χ0) is 23.6. The first-order chi connectivity index (χ1) is 17.8. The van der Waals surface area contributed by atoms with E-state index in [1.807, 2.05) is 6.07 Å². The molecule has 2 nitrogen and oxygen atoms in total. The predicted molar refractivity (Wildman–Crippen MR) is 148 cm³/mol. The lowest BCUT2D eigenvalue weighted by Gasteiger charge is -2.36. The van der Waals surface area contributed by atoms with E-state index in [1.54, 1.807) is 0 Å². The molecule has 4 aliphatic rings. The minimum Gasteiger partial charge on any atom is -0.246 e. The van der Waals surface area contributed by atoms with Crippen LogP contribution in [0.5, 0.6) is 0 Å². The molecule has 0 bridgehead atoms. The molecule has 0 radical (unpaired) electrons. The van der Waals surface area contributed by atoms with E-state index in [4.69, 9.17) is 9.97 Å². The van der Waals surface area contributed by atoms with Crippen molar-refractivity contribution < 1.29 is 0 Å². The third kappa shape index (κ3) is 2.85. The van der Waals surface area contributed by atoms with Crippen molar-refractivity contribution in [3.05, 3.63) is 149 Å². The number of rotatable bonds is 2. The van der Waals surface area contributed by atoms with E-state index in [0.29, 0.717) is 5.92 Å². The standard InChI is InChI=1S/C34H22N2/c1-2-11-28-26(9-1)27-10-3-4-12-30(27)36-34(28)31-14-6-13-29(35-31)25-19-23-17-15-21-7-5-8-22-16-18-24(20-25)33(23)32(21)22/h1-7,9-20,33H,8H2. The van der Waals surface area contributed by atoms with Crippen molar-refractivity contribution in [2.45, 2.75) is 6.42 Å². The normalized spacial score (nSPS) is 19.6. The van der Waals surface area contributed by atoms with Gasteiger partial charge in [0.1, 0.15) is 0 Å². The number of para-hydroxylation sites is 1. The molecule has 0 aliphatic heterocycles. The molecule has 36 heavy (non-hydrogen) atoms. The van der Waals surface area contributed by atoms with E-state index >= 15 is 0 Å². The van der Waals surface area contributed by atoms with Crippen molar-refractivity contribution in [1.29, 1.82) is 0 Å². The Balaban J connectivity index is 1.28. The fourth-order valence-electron chi connectivity index (χ4n) is 6.09. The zero-order valence-electron chi connectivity index (χ0n) is 19.6. The van der Waals surface area contributed by atoms with Crippen LogP contribution < -0.4 is 0 Å². The first-order valence-corrected chi connectivity index (χ1v) is 12.5. The van der Waals surface area contributed by atoms with E-state index in [-0.39, 0.29) is 0 Å². The summed E-state index contributed by atoms with van der Waals surface area (Å²) in [5, 5.41) is 3.51. The molecule has 2 heteroatoms. The Morgan fingerprint density at radius 1 is 0.639 bits per heavy atom. The third-order valence-electron chi connectivity index (χ3n) is 7.72. The number of aromatic nitrogens is 2. The number of nitrogens with zero attached hydrogens (tertiary/aromatic N) is 2.